The van der Waals surface area contributed by atoms with E-state index in [1.807, 2.05) is 6.92 Å². The van der Waals surface area contributed by atoms with E-state index < -0.39 is 47.0 Å². The lowest BCUT2D eigenvalue weighted by Crippen LogP contribution is -2.23. The molecule has 2 rings (SSSR count). The molecule has 0 bridgehead atoms. The molecule has 0 saturated heterocycles. The lowest BCUT2D eigenvalue weighted by atomic mass is 10.0. The van der Waals surface area contributed by atoms with E-state index in [0.29, 0.717) is 30.4 Å². The maximum absolute atomic E-state index is 14.4. The SMILES string of the molecule is CCCCCc1ccc(C(F)(F)Oc2cc(F)c(O/C=C/C(F)F)c(F)c2)c(F)c1. The summed E-state index contributed by atoms with van der Waals surface area (Å²) in [6.07, 6.45) is -3.38. The number of ether oxygens (including phenoxy) is 2. The van der Waals surface area contributed by atoms with Gasteiger partial charge in [0.2, 0.25) is 0 Å². The van der Waals surface area contributed by atoms with Gasteiger partial charge in [0.1, 0.15) is 11.6 Å². The van der Waals surface area contributed by atoms with E-state index in [9.17, 15) is 30.7 Å². The second-order valence-corrected chi connectivity index (χ2v) is 6.39. The monoisotopic (exact) mass is 436 g/mol. The summed E-state index contributed by atoms with van der Waals surface area (Å²) in [6.45, 7) is 1.99. The highest BCUT2D eigenvalue weighted by Crippen LogP contribution is 2.36. The van der Waals surface area contributed by atoms with Crippen LogP contribution in [0.25, 0.3) is 0 Å². The number of alkyl halides is 4. The van der Waals surface area contributed by atoms with Crippen molar-refractivity contribution in [1.82, 2.24) is 0 Å². The van der Waals surface area contributed by atoms with Crippen LogP contribution in [0.15, 0.2) is 42.7 Å². The lowest BCUT2D eigenvalue weighted by Gasteiger charge is -2.19. The summed E-state index contributed by atoms with van der Waals surface area (Å²) in [5, 5.41) is 0. The maximum atomic E-state index is 14.4. The van der Waals surface area contributed by atoms with Gasteiger partial charge in [0, 0.05) is 18.2 Å². The average molecular weight is 436 g/mol. The van der Waals surface area contributed by atoms with Gasteiger partial charge in [-0.05, 0) is 30.5 Å². The highest BCUT2D eigenvalue weighted by atomic mass is 19.3. The van der Waals surface area contributed by atoms with Crippen LogP contribution in [0.4, 0.5) is 30.7 Å². The minimum Gasteiger partial charge on any atom is -0.459 e. The highest BCUT2D eigenvalue weighted by molar-refractivity contribution is 5.36. The largest absolute Gasteiger partial charge is 0.459 e. The summed E-state index contributed by atoms with van der Waals surface area (Å²) >= 11 is 0. The zero-order valence-corrected chi connectivity index (χ0v) is 15.9. The molecule has 2 nitrogen and oxygen atoms in total. The van der Waals surface area contributed by atoms with E-state index in [1.54, 1.807) is 0 Å². The van der Waals surface area contributed by atoms with Crippen LogP contribution < -0.4 is 9.47 Å². The van der Waals surface area contributed by atoms with Crippen molar-refractivity contribution in [3.8, 4) is 11.5 Å². The van der Waals surface area contributed by atoms with Crippen molar-refractivity contribution in [3.63, 3.8) is 0 Å². The second kappa shape index (κ2) is 10.4. The molecular formula is C21H19F7O2. The molecule has 2 aromatic carbocycles. The van der Waals surface area contributed by atoms with Crippen molar-refractivity contribution in [2.24, 2.45) is 0 Å². The Kier molecular flexibility index (Phi) is 8.14. The van der Waals surface area contributed by atoms with Crippen LogP contribution >= 0.6 is 0 Å². The third-order valence-corrected chi connectivity index (χ3v) is 4.04. The first-order chi connectivity index (χ1) is 14.1. The van der Waals surface area contributed by atoms with Gasteiger partial charge < -0.3 is 9.47 Å². The summed E-state index contributed by atoms with van der Waals surface area (Å²) in [5.74, 6) is -6.17. The van der Waals surface area contributed by atoms with E-state index in [0.717, 1.165) is 31.4 Å². The zero-order valence-electron chi connectivity index (χ0n) is 15.9. The summed E-state index contributed by atoms with van der Waals surface area (Å²) in [6, 6.07) is 3.91. The molecule has 0 radical (unpaired) electrons. The number of hydrogen-bond donors (Lipinski definition) is 0. The van der Waals surface area contributed by atoms with Crippen molar-refractivity contribution < 1.29 is 40.2 Å². The van der Waals surface area contributed by atoms with Crippen molar-refractivity contribution in [2.45, 2.75) is 45.1 Å². The number of aryl methyl sites for hydroxylation is 1. The molecule has 164 valence electrons. The molecular weight excluding hydrogens is 417 g/mol. The molecule has 0 aromatic heterocycles. The molecule has 0 amide bonds. The van der Waals surface area contributed by atoms with Crippen LogP contribution in [0.3, 0.4) is 0 Å². The predicted octanol–water partition coefficient (Wildman–Crippen LogP) is 7.12. The van der Waals surface area contributed by atoms with Crippen LogP contribution in [0, 0.1) is 17.5 Å². The third-order valence-electron chi connectivity index (χ3n) is 4.04. The summed E-state index contributed by atoms with van der Waals surface area (Å²) in [5.41, 5.74) is -0.557. The van der Waals surface area contributed by atoms with Gasteiger partial charge in [-0.2, -0.15) is 8.78 Å². The number of allylic oxidation sites excluding steroid dienone is 1. The standard InChI is InChI=1S/C21H19F7O2/c1-2-3-4-5-13-6-7-15(16(22)10-13)21(27,28)30-14-11-17(23)20(18(24)12-14)29-9-8-19(25)26/h6-12,19H,2-5H2,1H3/b9-8+. The Morgan fingerprint density at radius 3 is 2.20 bits per heavy atom. The second-order valence-electron chi connectivity index (χ2n) is 6.39. The van der Waals surface area contributed by atoms with Gasteiger partial charge in [0.05, 0.1) is 11.8 Å². The molecule has 0 heterocycles. The fraction of sp³-hybridized carbons (Fsp3) is 0.333. The highest BCUT2D eigenvalue weighted by Gasteiger charge is 2.38. The Morgan fingerprint density at radius 2 is 1.63 bits per heavy atom. The van der Waals surface area contributed by atoms with Gasteiger partial charge in [-0.15, -0.1) is 0 Å². The molecule has 0 saturated carbocycles. The van der Waals surface area contributed by atoms with Gasteiger partial charge in [0.15, 0.2) is 17.4 Å². The maximum Gasteiger partial charge on any atom is 0.429 e. The zero-order chi connectivity index (χ0) is 22.3. The number of rotatable bonds is 10. The molecule has 9 heteroatoms. The topological polar surface area (TPSA) is 18.5 Å². The Morgan fingerprint density at radius 1 is 0.967 bits per heavy atom. The van der Waals surface area contributed by atoms with Gasteiger partial charge in [-0.3, -0.25) is 0 Å². The number of hydrogen-bond acceptors (Lipinski definition) is 2. The first kappa shape index (κ1) is 23.6. The molecule has 0 aliphatic heterocycles. The van der Waals surface area contributed by atoms with Gasteiger partial charge in [-0.25, -0.2) is 22.0 Å². The smallest absolute Gasteiger partial charge is 0.429 e. The molecule has 2 aromatic rings. The molecule has 0 atom stereocenters. The van der Waals surface area contributed by atoms with Crippen LogP contribution in [0.2, 0.25) is 0 Å². The van der Waals surface area contributed by atoms with Crippen LogP contribution in [-0.4, -0.2) is 6.43 Å². The van der Waals surface area contributed by atoms with E-state index in [-0.39, 0.29) is 6.08 Å². The quantitative estimate of drug-likeness (QED) is 0.224. The summed E-state index contributed by atoms with van der Waals surface area (Å²) < 4.78 is 103. The van der Waals surface area contributed by atoms with E-state index in [4.69, 9.17) is 0 Å². The Balaban J connectivity index is 2.18. The normalized spacial score (nSPS) is 12.0. The first-order valence-electron chi connectivity index (χ1n) is 9.10. The molecule has 0 N–H and O–H groups in total. The Hall–Kier alpha value is -2.71. The molecule has 0 unspecified atom stereocenters. The van der Waals surface area contributed by atoms with E-state index in [2.05, 4.69) is 9.47 Å². The Labute approximate surface area is 168 Å². The van der Waals surface area contributed by atoms with Crippen molar-refractivity contribution in [3.05, 3.63) is 71.2 Å². The third kappa shape index (κ3) is 6.40. The predicted molar refractivity (Wildman–Crippen MR) is 96.3 cm³/mol. The number of halogens is 7. The molecule has 0 spiro atoms. The molecule has 0 aliphatic rings. The van der Waals surface area contributed by atoms with Gasteiger partial charge >= 0.3 is 6.11 Å². The minimum atomic E-state index is -4.22. The average Bonchev–Trinajstić information content (AvgIpc) is 2.63. The van der Waals surface area contributed by atoms with E-state index in [1.165, 1.54) is 6.07 Å². The van der Waals surface area contributed by atoms with Crippen molar-refractivity contribution in [1.29, 1.82) is 0 Å². The minimum absolute atomic E-state index is 0.228. The van der Waals surface area contributed by atoms with Gasteiger partial charge in [0.25, 0.3) is 6.43 Å². The van der Waals surface area contributed by atoms with Gasteiger partial charge in [-0.1, -0.05) is 25.8 Å². The fourth-order valence-corrected chi connectivity index (χ4v) is 2.61. The van der Waals surface area contributed by atoms with Crippen molar-refractivity contribution in [2.75, 3.05) is 0 Å². The first-order valence-corrected chi connectivity index (χ1v) is 9.10. The molecule has 0 aliphatic carbocycles. The molecule has 0 fully saturated rings. The van der Waals surface area contributed by atoms with Crippen molar-refractivity contribution >= 4 is 0 Å². The Bertz CT molecular complexity index is 859. The molecule has 30 heavy (non-hydrogen) atoms. The summed E-state index contributed by atoms with van der Waals surface area (Å²) in [7, 11) is 0. The fourth-order valence-electron chi connectivity index (χ4n) is 2.61. The lowest BCUT2D eigenvalue weighted by molar-refractivity contribution is -0.187. The van der Waals surface area contributed by atoms with E-state index >= 15 is 0 Å². The van der Waals surface area contributed by atoms with Crippen LogP contribution in [0.5, 0.6) is 11.5 Å². The number of benzene rings is 2. The number of unbranched alkanes of at least 4 members (excludes halogenated alkanes) is 2. The van der Waals surface area contributed by atoms with Crippen LogP contribution in [-0.2, 0) is 12.5 Å². The van der Waals surface area contributed by atoms with Crippen LogP contribution in [0.1, 0.15) is 37.3 Å². The summed E-state index contributed by atoms with van der Waals surface area (Å²) in [4.78, 5) is 0.